The molecule has 2 aliphatic heterocycles. The van der Waals surface area contributed by atoms with Crippen molar-refractivity contribution in [2.24, 2.45) is 5.92 Å². The topological polar surface area (TPSA) is 111 Å². The molecule has 0 spiro atoms. The average molecular weight is 709 g/mol. The molecule has 272 valence electrons. The number of fused-ring (bicyclic) bond motifs is 5. The lowest BCUT2D eigenvalue weighted by Crippen LogP contribution is -2.53. The van der Waals surface area contributed by atoms with E-state index in [0.717, 1.165) is 55.6 Å². The van der Waals surface area contributed by atoms with E-state index >= 15 is 0 Å². The molecule has 6 rings (SSSR count). The number of ether oxygens (including phenoxy) is 3. The van der Waals surface area contributed by atoms with Crippen LogP contribution in [0.4, 0.5) is 4.79 Å². The van der Waals surface area contributed by atoms with Crippen molar-refractivity contribution >= 4 is 33.2 Å². The van der Waals surface area contributed by atoms with Crippen molar-refractivity contribution in [2.45, 2.75) is 83.8 Å². The SMILES string of the molecule is COC(=O)c1ccc2c(C3CCCCC3)c3n(c2c1)CC(CCCN1CCN(S(=O)(=O)N(C)C(=O)OC(C)(C)C)CC1)COc1ccccc1-3. The molecular formula is C38H52N4O7S. The first-order valence-electron chi connectivity index (χ1n) is 18.0. The summed E-state index contributed by atoms with van der Waals surface area (Å²) in [5, 5.41) is 1.21. The third-order valence-corrected chi connectivity index (χ3v) is 12.2. The summed E-state index contributed by atoms with van der Waals surface area (Å²) in [7, 11) is -1.30. The molecule has 3 aliphatic rings. The quantitative estimate of drug-likeness (QED) is 0.239. The zero-order chi connectivity index (χ0) is 35.6. The van der Waals surface area contributed by atoms with Crippen LogP contribution < -0.4 is 4.74 Å². The van der Waals surface area contributed by atoms with Crippen LogP contribution in [0.3, 0.4) is 0 Å². The maximum Gasteiger partial charge on any atom is 0.424 e. The molecule has 1 aromatic heterocycles. The Morgan fingerprint density at radius 2 is 1.72 bits per heavy atom. The molecule has 11 nitrogen and oxygen atoms in total. The fourth-order valence-corrected chi connectivity index (χ4v) is 8.96. The first-order valence-corrected chi connectivity index (χ1v) is 19.4. The molecule has 1 amide bonds. The molecule has 1 unspecified atom stereocenters. The third-order valence-electron chi connectivity index (χ3n) is 10.3. The lowest BCUT2D eigenvalue weighted by molar-refractivity contribution is 0.0408. The predicted molar refractivity (Wildman–Crippen MR) is 194 cm³/mol. The van der Waals surface area contributed by atoms with E-state index in [1.165, 1.54) is 54.4 Å². The van der Waals surface area contributed by atoms with Gasteiger partial charge in [-0.15, -0.1) is 0 Å². The maximum absolute atomic E-state index is 13.2. The minimum atomic E-state index is -3.97. The fourth-order valence-electron chi connectivity index (χ4n) is 7.77. The number of rotatable bonds is 8. The van der Waals surface area contributed by atoms with Crippen molar-refractivity contribution in [3.8, 4) is 17.0 Å². The van der Waals surface area contributed by atoms with Gasteiger partial charge in [0.25, 0.3) is 0 Å². The highest BCUT2D eigenvalue weighted by Crippen LogP contribution is 2.47. The first kappa shape index (κ1) is 36.2. The van der Waals surface area contributed by atoms with Crippen molar-refractivity contribution in [3.63, 3.8) is 0 Å². The lowest BCUT2D eigenvalue weighted by atomic mass is 9.81. The predicted octanol–water partition coefficient (Wildman–Crippen LogP) is 6.66. The molecule has 0 bridgehead atoms. The van der Waals surface area contributed by atoms with Crippen LogP contribution in [0.15, 0.2) is 42.5 Å². The molecule has 1 saturated heterocycles. The Bertz CT molecular complexity index is 1800. The van der Waals surface area contributed by atoms with Gasteiger partial charge in [0.15, 0.2) is 0 Å². The van der Waals surface area contributed by atoms with Crippen LogP contribution in [0.1, 0.15) is 87.6 Å². The second-order valence-electron chi connectivity index (χ2n) is 14.9. The molecule has 2 aromatic carbocycles. The average Bonchev–Trinajstić information content (AvgIpc) is 3.41. The van der Waals surface area contributed by atoms with Gasteiger partial charge in [-0.05, 0) is 88.7 Å². The summed E-state index contributed by atoms with van der Waals surface area (Å²) in [6, 6.07) is 14.4. The Kier molecular flexibility index (Phi) is 10.8. The molecule has 3 heterocycles. The Labute approximate surface area is 296 Å². The molecule has 2 fully saturated rings. The Morgan fingerprint density at radius 3 is 2.42 bits per heavy atom. The summed E-state index contributed by atoms with van der Waals surface area (Å²) in [6.45, 7) is 9.10. The van der Waals surface area contributed by atoms with Crippen LogP contribution in [-0.4, -0.2) is 97.6 Å². The van der Waals surface area contributed by atoms with Gasteiger partial charge in [0, 0.05) is 62.2 Å². The molecule has 1 saturated carbocycles. The van der Waals surface area contributed by atoms with Gasteiger partial charge in [-0.2, -0.15) is 17.0 Å². The minimum absolute atomic E-state index is 0.225. The summed E-state index contributed by atoms with van der Waals surface area (Å²) >= 11 is 0. The number of hydrogen-bond donors (Lipinski definition) is 0. The van der Waals surface area contributed by atoms with Crippen LogP contribution in [0.2, 0.25) is 0 Å². The summed E-state index contributed by atoms with van der Waals surface area (Å²) in [5.41, 5.74) is 4.52. The van der Waals surface area contributed by atoms with Gasteiger partial charge < -0.3 is 23.7 Å². The van der Waals surface area contributed by atoms with Gasteiger partial charge in [-0.1, -0.05) is 37.5 Å². The zero-order valence-electron chi connectivity index (χ0n) is 30.2. The van der Waals surface area contributed by atoms with E-state index in [9.17, 15) is 18.0 Å². The molecule has 1 aliphatic carbocycles. The number of para-hydroxylation sites is 1. The van der Waals surface area contributed by atoms with Crippen LogP contribution >= 0.6 is 0 Å². The molecule has 0 N–H and O–H groups in total. The smallest absolute Gasteiger partial charge is 0.424 e. The molecule has 50 heavy (non-hydrogen) atoms. The molecular weight excluding hydrogens is 657 g/mol. The Hall–Kier alpha value is -3.61. The number of amides is 1. The molecule has 3 aromatic rings. The molecule has 1 atom stereocenters. The number of carbonyl (C=O) groups excluding carboxylic acids is 2. The van der Waals surface area contributed by atoms with E-state index in [2.05, 4.69) is 33.7 Å². The molecule has 12 heteroatoms. The fraction of sp³-hybridized carbons (Fsp3) is 0.579. The van der Waals surface area contributed by atoms with E-state index in [1.54, 1.807) is 20.8 Å². The van der Waals surface area contributed by atoms with Gasteiger partial charge in [0.2, 0.25) is 0 Å². The standard InChI is InChI=1S/C38H52N4O7S/c1-38(2,3)49-37(44)39(4)50(45,46)41-22-20-40(21-23-41)19-11-12-27-25-42-32-24-29(36(43)47-5)17-18-30(32)34(28-13-7-6-8-14-28)35(42)31-15-9-10-16-33(31)48-26-27/h9-10,15-18,24,27-28H,6-8,11-14,19-23,25-26H2,1-5H3. The van der Waals surface area contributed by atoms with E-state index in [-0.39, 0.29) is 11.9 Å². The van der Waals surface area contributed by atoms with Gasteiger partial charge in [-0.25, -0.2) is 9.59 Å². The zero-order valence-corrected chi connectivity index (χ0v) is 31.0. The number of carbonyl (C=O) groups is 2. The summed E-state index contributed by atoms with van der Waals surface area (Å²) < 4.78 is 47.8. The van der Waals surface area contributed by atoms with Crippen molar-refractivity contribution in [1.82, 2.24) is 18.1 Å². The van der Waals surface area contributed by atoms with Crippen molar-refractivity contribution in [2.75, 3.05) is 53.5 Å². The first-order chi connectivity index (χ1) is 23.9. The number of esters is 1. The van der Waals surface area contributed by atoms with E-state index in [0.29, 0.717) is 48.6 Å². The summed E-state index contributed by atoms with van der Waals surface area (Å²) in [4.78, 5) is 27.4. The number of aromatic nitrogens is 1. The van der Waals surface area contributed by atoms with Crippen molar-refractivity contribution in [3.05, 3.63) is 53.6 Å². The second-order valence-corrected chi connectivity index (χ2v) is 16.9. The third kappa shape index (κ3) is 7.67. The van der Waals surface area contributed by atoms with E-state index < -0.39 is 21.9 Å². The van der Waals surface area contributed by atoms with Gasteiger partial charge in [0.05, 0.1) is 25.0 Å². The van der Waals surface area contributed by atoms with Crippen LogP contribution in [0.25, 0.3) is 22.2 Å². The van der Waals surface area contributed by atoms with Crippen LogP contribution in [-0.2, 0) is 26.2 Å². The second kappa shape index (κ2) is 14.9. The summed E-state index contributed by atoms with van der Waals surface area (Å²) in [5.74, 6) is 1.23. The van der Waals surface area contributed by atoms with Crippen LogP contribution in [0, 0.1) is 5.92 Å². The number of methoxy groups -OCH3 is 1. The maximum atomic E-state index is 13.2. The monoisotopic (exact) mass is 708 g/mol. The highest BCUT2D eigenvalue weighted by atomic mass is 32.2. The normalized spacial score (nSPS) is 19.5. The largest absolute Gasteiger partial charge is 0.493 e. The number of benzene rings is 2. The van der Waals surface area contributed by atoms with E-state index in [4.69, 9.17) is 14.2 Å². The van der Waals surface area contributed by atoms with Gasteiger partial charge >= 0.3 is 22.3 Å². The highest BCUT2D eigenvalue weighted by molar-refractivity contribution is 7.87. The van der Waals surface area contributed by atoms with Gasteiger partial charge in [-0.3, -0.25) is 0 Å². The Balaban J connectivity index is 1.19. The Morgan fingerprint density at radius 1 is 1.00 bits per heavy atom. The number of hydrogen-bond acceptors (Lipinski definition) is 8. The van der Waals surface area contributed by atoms with Gasteiger partial charge in [0.1, 0.15) is 11.4 Å². The highest BCUT2D eigenvalue weighted by Gasteiger charge is 2.36. The summed E-state index contributed by atoms with van der Waals surface area (Å²) in [6.07, 6.45) is 7.00. The molecule has 0 radical (unpaired) electrons. The van der Waals surface area contributed by atoms with E-state index in [1.807, 2.05) is 18.2 Å². The van der Waals surface area contributed by atoms with Crippen molar-refractivity contribution < 1.29 is 32.2 Å². The lowest BCUT2D eigenvalue weighted by Gasteiger charge is -2.36. The minimum Gasteiger partial charge on any atom is -0.493 e. The van der Waals surface area contributed by atoms with Crippen LogP contribution in [0.5, 0.6) is 5.75 Å². The number of piperazine rings is 1. The van der Waals surface area contributed by atoms with Crippen molar-refractivity contribution in [1.29, 1.82) is 0 Å². The number of nitrogens with zero attached hydrogens (tertiary/aromatic N) is 4.